The van der Waals surface area contributed by atoms with Gasteiger partial charge in [0.2, 0.25) is 0 Å². The van der Waals surface area contributed by atoms with Crippen molar-refractivity contribution in [2.75, 3.05) is 31.5 Å². The van der Waals surface area contributed by atoms with Crippen molar-refractivity contribution in [2.45, 2.75) is 39.7 Å². The number of hydrogen-bond acceptors (Lipinski definition) is 8. The van der Waals surface area contributed by atoms with Gasteiger partial charge in [-0.05, 0) is 94.7 Å². The number of rotatable bonds is 10. The number of nitrogens with one attached hydrogen (secondary N) is 2. The van der Waals surface area contributed by atoms with E-state index in [0.29, 0.717) is 29.2 Å². The van der Waals surface area contributed by atoms with E-state index in [2.05, 4.69) is 30.5 Å². The van der Waals surface area contributed by atoms with Crippen molar-refractivity contribution in [3.63, 3.8) is 0 Å². The van der Waals surface area contributed by atoms with Gasteiger partial charge in [0, 0.05) is 24.5 Å². The lowest BCUT2D eigenvalue weighted by Crippen LogP contribution is -2.40. The van der Waals surface area contributed by atoms with Gasteiger partial charge in [0.05, 0.1) is 17.1 Å². The fourth-order valence-corrected chi connectivity index (χ4v) is 4.62. The number of carbonyl (C=O) groups excluding carboxylic acids is 1. The average Bonchev–Trinajstić information content (AvgIpc) is 3.45. The van der Waals surface area contributed by atoms with Crippen LogP contribution in [-0.4, -0.2) is 58.0 Å². The number of pyridine rings is 1. The zero-order valence-corrected chi connectivity index (χ0v) is 22.6. The number of likely N-dealkylation sites (tertiary alicyclic amines) is 1. The summed E-state index contributed by atoms with van der Waals surface area (Å²) in [6, 6.07) is 15.2. The minimum atomic E-state index is -0.669. The molecule has 2 N–H and O–H groups in total. The number of benzene rings is 2. The Morgan fingerprint density at radius 1 is 1.03 bits per heavy atom. The number of fused-ring (bicyclic) bond motifs is 1. The van der Waals surface area contributed by atoms with E-state index in [1.54, 1.807) is 13.1 Å². The lowest BCUT2D eigenvalue weighted by Gasteiger charge is -2.19. The molecule has 0 unspecified atom stereocenters. The highest BCUT2D eigenvalue weighted by atomic mass is 16.5. The molecule has 2 aromatic carbocycles. The molecule has 1 saturated heterocycles. The second-order valence-electron chi connectivity index (χ2n) is 9.82. The van der Waals surface area contributed by atoms with E-state index in [4.69, 9.17) is 9.47 Å². The number of anilines is 2. The number of ether oxygens (including phenoxy) is 2. The molecule has 39 heavy (non-hydrogen) atoms. The molecule has 0 saturated carbocycles. The van der Waals surface area contributed by atoms with Crippen LogP contribution in [-0.2, 0) is 4.79 Å². The first-order chi connectivity index (χ1) is 19.0. The van der Waals surface area contributed by atoms with Gasteiger partial charge in [-0.15, -0.1) is 0 Å². The Morgan fingerprint density at radius 2 is 1.87 bits per heavy atom. The molecule has 1 aliphatic rings. The summed E-state index contributed by atoms with van der Waals surface area (Å²) in [6.45, 7) is 9.36. The van der Waals surface area contributed by atoms with Crippen LogP contribution in [0.1, 0.15) is 31.0 Å². The third-order valence-corrected chi connectivity index (χ3v) is 6.77. The van der Waals surface area contributed by atoms with Crippen LogP contribution in [0, 0.1) is 13.8 Å². The summed E-state index contributed by atoms with van der Waals surface area (Å²) in [6.07, 6.45) is 5.02. The predicted molar refractivity (Wildman–Crippen MR) is 152 cm³/mol. The van der Waals surface area contributed by atoms with Gasteiger partial charge in [-0.3, -0.25) is 9.78 Å². The fourth-order valence-electron chi connectivity index (χ4n) is 4.62. The van der Waals surface area contributed by atoms with Crippen LogP contribution in [0.3, 0.4) is 0 Å². The molecule has 1 fully saturated rings. The van der Waals surface area contributed by atoms with Gasteiger partial charge in [0.25, 0.3) is 5.91 Å². The number of carbonyl (C=O) groups is 1. The van der Waals surface area contributed by atoms with Crippen LogP contribution in [0.2, 0.25) is 0 Å². The van der Waals surface area contributed by atoms with Crippen LogP contribution in [0.5, 0.6) is 17.2 Å². The fraction of sp³-hybridized carbons (Fsp3) is 0.333. The van der Waals surface area contributed by atoms with Gasteiger partial charge < -0.3 is 25.0 Å². The highest BCUT2D eigenvalue weighted by molar-refractivity contribution is 5.96. The molecule has 0 aliphatic carbocycles. The number of aromatic nitrogens is 3. The van der Waals surface area contributed by atoms with Gasteiger partial charge in [-0.2, -0.15) is 0 Å². The molecule has 9 nitrogen and oxygen atoms in total. The average molecular weight is 527 g/mol. The monoisotopic (exact) mass is 526 g/mol. The Morgan fingerprint density at radius 3 is 2.64 bits per heavy atom. The summed E-state index contributed by atoms with van der Waals surface area (Å²) in [4.78, 5) is 28.3. The topological polar surface area (TPSA) is 102 Å². The summed E-state index contributed by atoms with van der Waals surface area (Å²) in [5.41, 5.74) is 3.45. The Labute approximate surface area is 228 Å². The summed E-state index contributed by atoms with van der Waals surface area (Å²) in [7, 11) is 0. The molecule has 5 rings (SSSR count). The van der Waals surface area contributed by atoms with E-state index in [9.17, 15) is 4.79 Å². The first kappa shape index (κ1) is 26.4. The maximum absolute atomic E-state index is 12.7. The summed E-state index contributed by atoms with van der Waals surface area (Å²) in [5, 5.41) is 7.09. The minimum absolute atomic E-state index is 0.146. The zero-order valence-electron chi connectivity index (χ0n) is 22.6. The first-order valence-corrected chi connectivity index (χ1v) is 13.3. The Balaban J connectivity index is 1.29. The first-order valence-electron chi connectivity index (χ1n) is 13.3. The molecular weight excluding hydrogens is 492 g/mol. The molecule has 0 spiro atoms. The lowest BCUT2D eigenvalue weighted by atomic mass is 10.1. The van der Waals surface area contributed by atoms with E-state index in [-0.39, 0.29) is 5.91 Å². The highest BCUT2D eigenvalue weighted by Gasteiger charge is 2.19. The van der Waals surface area contributed by atoms with Crippen molar-refractivity contribution in [3.8, 4) is 17.2 Å². The molecule has 202 valence electrons. The summed E-state index contributed by atoms with van der Waals surface area (Å²) < 4.78 is 12.1. The molecule has 0 radical (unpaired) electrons. The summed E-state index contributed by atoms with van der Waals surface area (Å²) in [5.74, 6) is 2.41. The molecule has 1 amide bonds. The number of hydrogen-bond donors (Lipinski definition) is 2. The predicted octanol–water partition coefficient (Wildman–Crippen LogP) is 5.16. The van der Waals surface area contributed by atoms with Crippen molar-refractivity contribution in [1.82, 2.24) is 25.2 Å². The van der Waals surface area contributed by atoms with Crippen LogP contribution < -0.4 is 20.1 Å². The molecular formula is C30H34N6O3. The minimum Gasteiger partial charge on any atom is -0.480 e. The molecule has 4 aromatic rings. The van der Waals surface area contributed by atoms with E-state index >= 15 is 0 Å². The summed E-state index contributed by atoms with van der Waals surface area (Å²) >= 11 is 0. The standard InChI is InChI=1S/C30H34N6O3/c1-20-17-23(10-12-26(20)39-24-11-9-21(2)32-18-24)35-29-28-25(33-19-34-29)7-6-8-27(28)38-22(3)30(37)31-13-16-36-14-4-5-15-36/h6-12,17-19,22H,4-5,13-16H2,1-3H3,(H,31,37)(H,33,34,35)/t22-/m1/s1. The normalized spacial score (nSPS) is 14.2. The maximum atomic E-state index is 12.7. The van der Waals surface area contributed by atoms with Crippen LogP contribution in [0.15, 0.2) is 61.1 Å². The van der Waals surface area contributed by atoms with Crippen molar-refractivity contribution in [1.29, 1.82) is 0 Å². The van der Waals surface area contributed by atoms with Crippen LogP contribution in [0.25, 0.3) is 10.9 Å². The second-order valence-corrected chi connectivity index (χ2v) is 9.82. The van der Waals surface area contributed by atoms with Crippen molar-refractivity contribution in [2.24, 2.45) is 0 Å². The molecule has 2 aromatic heterocycles. The molecule has 9 heteroatoms. The van der Waals surface area contributed by atoms with Gasteiger partial charge in [0.1, 0.15) is 29.4 Å². The molecule has 0 bridgehead atoms. The third kappa shape index (κ3) is 6.61. The number of aryl methyl sites for hydroxylation is 2. The number of nitrogens with zero attached hydrogens (tertiary/aromatic N) is 4. The maximum Gasteiger partial charge on any atom is 0.260 e. The van der Waals surface area contributed by atoms with E-state index in [1.807, 2.05) is 62.4 Å². The van der Waals surface area contributed by atoms with Crippen molar-refractivity contribution in [3.05, 3.63) is 72.3 Å². The smallest absolute Gasteiger partial charge is 0.260 e. The van der Waals surface area contributed by atoms with Gasteiger partial charge >= 0.3 is 0 Å². The number of amides is 1. The molecule has 1 atom stereocenters. The van der Waals surface area contributed by atoms with E-state index < -0.39 is 6.10 Å². The van der Waals surface area contributed by atoms with Gasteiger partial charge in [-0.1, -0.05) is 6.07 Å². The largest absolute Gasteiger partial charge is 0.480 e. The third-order valence-electron chi connectivity index (χ3n) is 6.77. The Bertz CT molecular complexity index is 1430. The van der Waals surface area contributed by atoms with E-state index in [1.165, 1.54) is 19.2 Å². The Kier molecular flexibility index (Phi) is 8.17. The van der Waals surface area contributed by atoms with Gasteiger partial charge in [-0.25, -0.2) is 9.97 Å². The molecule has 3 heterocycles. The van der Waals surface area contributed by atoms with Crippen molar-refractivity contribution < 1.29 is 14.3 Å². The SMILES string of the molecule is Cc1ccc(Oc2ccc(Nc3ncnc4cccc(O[C@H](C)C(=O)NCCN5CCCC5)c34)cc2C)cn1. The van der Waals surface area contributed by atoms with Crippen molar-refractivity contribution >= 4 is 28.3 Å². The molecule has 1 aliphatic heterocycles. The van der Waals surface area contributed by atoms with Crippen LogP contribution >= 0.6 is 0 Å². The highest BCUT2D eigenvalue weighted by Crippen LogP contribution is 2.33. The lowest BCUT2D eigenvalue weighted by molar-refractivity contribution is -0.127. The van der Waals surface area contributed by atoms with E-state index in [0.717, 1.165) is 47.8 Å². The quantitative estimate of drug-likeness (QED) is 0.292. The van der Waals surface area contributed by atoms with Gasteiger partial charge in [0.15, 0.2) is 6.10 Å². The Hall–Kier alpha value is -4.24. The van der Waals surface area contributed by atoms with Crippen LogP contribution in [0.4, 0.5) is 11.5 Å². The zero-order chi connectivity index (χ0) is 27.2. The second kappa shape index (κ2) is 12.1.